The summed E-state index contributed by atoms with van der Waals surface area (Å²) in [6.07, 6.45) is 3.73. The van der Waals surface area contributed by atoms with Crippen molar-refractivity contribution in [3.05, 3.63) is 81.5 Å². The molecule has 0 bridgehead atoms. The van der Waals surface area contributed by atoms with Crippen molar-refractivity contribution in [1.29, 1.82) is 0 Å². The number of hydrogen-bond donors (Lipinski definition) is 2. The molecule has 4 rings (SSSR count). The van der Waals surface area contributed by atoms with E-state index in [4.69, 9.17) is 9.97 Å². The molecule has 0 atom stereocenters. The fraction of sp³-hybridized carbons (Fsp3) is 0.167. The SMILES string of the molecule is CC1=C(C)/C(=C/c2cccc(-c3cccc(/C=C4\NC(=O)C(C)=C4C)n3)n2)NC1=O. The van der Waals surface area contributed by atoms with E-state index in [1.165, 1.54) is 0 Å². The minimum absolute atomic E-state index is 0.0732. The summed E-state index contributed by atoms with van der Waals surface area (Å²) in [4.78, 5) is 33.1. The summed E-state index contributed by atoms with van der Waals surface area (Å²) in [6.45, 7) is 7.46. The highest BCUT2D eigenvalue weighted by atomic mass is 16.2. The number of rotatable bonds is 3. The minimum atomic E-state index is -0.0732. The summed E-state index contributed by atoms with van der Waals surface area (Å²) in [5, 5.41) is 5.74. The lowest BCUT2D eigenvalue weighted by molar-refractivity contribution is -0.117. The van der Waals surface area contributed by atoms with Crippen molar-refractivity contribution < 1.29 is 9.59 Å². The molecule has 6 nitrogen and oxygen atoms in total. The number of amides is 2. The lowest BCUT2D eigenvalue weighted by Crippen LogP contribution is -2.15. The van der Waals surface area contributed by atoms with Crippen molar-refractivity contribution in [3.8, 4) is 11.4 Å². The van der Waals surface area contributed by atoms with Gasteiger partial charge in [0.05, 0.1) is 22.8 Å². The molecule has 4 heterocycles. The van der Waals surface area contributed by atoms with E-state index in [1.54, 1.807) is 0 Å². The maximum absolute atomic E-state index is 11.8. The monoisotopic (exact) mass is 398 g/mol. The Bertz CT molecular complexity index is 1120. The Morgan fingerprint density at radius 1 is 0.633 bits per heavy atom. The molecule has 2 aliphatic heterocycles. The second-order valence-electron chi connectivity index (χ2n) is 7.42. The second kappa shape index (κ2) is 7.55. The maximum Gasteiger partial charge on any atom is 0.251 e. The summed E-state index contributed by atoms with van der Waals surface area (Å²) in [7, 11) is 0. The highest BCUT2D eigenvalue weighted by molar-refractivity contribution is 6.01. The van der Waals surface area contributed by atoms with Gasteiger partial charge in [-0.1, -0.05) is 12.1 Å². The maximum atomic E-state index is 11.8. The average Bonchev–Trinajstić information content (AvgIpc) is 3.12. The van der Waals surface area contributed by atoms with Gasteiger partial charge in [-0.2, -0.15) is 0 Å². The van der Waals surface area contributed by atoms with Gasteiger partial charge in [0.15, 0.2) is 0 Å². The molecule has 6 heteroatoms. The third-order valence-electron chi connectivity index (χ3n) is 5.50. The van der Waals surface area contributed by atoms with Crippen LogP contribution in [-0.2, 0) is 9.59 Å². The molecule has 0 aliphatic carbocycles. The van der Waals surface area contributed by atoms with Crippen molar-refractivity contribution in [2.45, 2.75) is 27.7 Å². The normalized spacial score (nSPS) is 19.2. The number of carbonyl (C=O) groups is 2. The topological polar surface area (TPSA) is 84.0 Å². The van der Waals surface area contributed by atoms with Gasteiger partial charge in [0.2, 0.25) is 0 Å². The predicted octanol–water partition coefficient (Wildman–Crippen LogP) is 3.76. The van der Waals surface area contributed by atoms with Crippen LogP contribution in [0.2, 0.25) is 0 Å². The van der Waals surface area contributed by atoms with Crippen LogP contribution in [0.15, 0.2) is 70.1 Å². The first-order valence-corrected chi connectivity index (χ1v) is 9.70. The van der Waals surface area contributed by atoms with Crippen LogP contribution < -0.4 is 10.6 Å². The molecule has 0 saturated heterocycles. The summed E-state index contributed by atoms with van der Waals surface area (Å²) in [5.41, 5.74) is 7.76. The van der Waals surface area contributed by atoms with Crippen molar-refractivity contribution >= 4 is 24.0 Å². The predicted molar refractivity (Wildman–Crippen MR) is 116 cm³/mol. The number of nitrogens with one attached hydrogen (secondary N) is 2. The molecule has 2 N–H and O–H groups in total. The van der Waals surface area contributed by atoms with Crippen molar-refractivity contribution in [3.63, 3.8) is 0 Å². The minimum Gasteiger partial charge on any atom is -0.322 e. The van der Waals surface area contributed by atoms with E-state index in [0.29, 0.717) is 0 Å². The second-order valence-corrected chi connectivity index (χ2v) is 7.42. The summed E-state index contributed by atoms with van der Waals surface area (Å²) in [6, 6.07) is 11.4. The van der Waals surface area contributed by atoms with Crippen LogP contribution in [0.3, 0.4) is 0 Å². The Morgan fingerprint density at radius 3 is 1.37 bits per heavy atom. The molecule has 0 saturated carbocycles. The van der Waals surface area contributed by atoms with E-state index in [-0.39, 0.29) is 11.8 Å². The molecule has 0 unspecified atom stereocenters. The zero-order valence-corrected chi connectivity index (χ0v) is 17.3. The number of nitrogens with zero attached hydrogens (tertiary/aromatic N) is 2. The first kappa shape index (κ1) is 19.5. The van der Waals surface area contributed by atoms with Gasteiger partial charge >= 0.3 is 0 Å². The highest BCUT2D eigenvalue weighted by Gasteiger charge is 2.21. The molecule has 2 aliphatic rings. The van der Waals surface area contributed by atoms with Crippen LogP contribution in [0.5, 0.6) is 0 Å². The quantitative estimate of drug-likeness (QED) is 0.825. The summed E-state index contributed by atoms with van der Waals surface area (Å²) in [5.74, 6) is -0.146. The molecule has 2 aromatic rings. The van der Waals surface area contributed by atoms with Gasteiger partial charge in [-0.25, -0.2) is 9.97 Å². The van der Waals surface area contributed by atoms with Crippen molar-refractivity contribution in [1.82, 2.24) is 20.6 Å². The molecule has 0 radical (unpaired) electrons. The average molecular weight is 398 g/mol. The van der Waals surface area contributed by atoms with Gasteiger partial charge in [0.25, 0.3) is 11.8 Å². The van der Waals surface area contributed by atoms with Crippen LogP contribution >= 0.6 is 0 Å². The third kappa shape index (κ3) is 3.59. The number of carbonyl (C=O) groups excluding carboxylic acids is 2. The third-order valence-corrected chi connectivity index (χ3v) is 5.50. The van der Waals surface area contributed by atoms with E-state index in [0.717, 1.165) is 56.5 Å². The van der Waals surface area contributed by atoms with E-state index >= 15 is 0 Å². The molecule has 150 valence electrons. The first-order chi connectivity index (χ1) is 14.3. The van der Waals surface area contributed by atoms with Crippen LogP contribution in [0, 0.1) is 0 Å². The molecule has 2 amide bonds. The van der Waals surface area contributed by atoms with Crippen LogP contribution in [-0.4, -0.2) is 21.8 Å². The molecular formula is C24H22N4O2. The Balaban J connectivity index is 1.65. The van der Waals surface area contributed by atoms with E-state index in [1.807, 2.05) is 76.2 Å². The fourth-order valence-electron chi connectivity index (χ4n) is 3.30. The standard InChI is InChI=1S/C24H22N4O2/c1-13-15(3)23(29)27-21(13)11-17-7-5-9-19(25-17)20-10-6-8-18(26-20)12-22-14(2)16(4)24(30)28-22/h5-12H,1-4H3,(H,27,29)(H,28,30)/b21-11-,22-12-. The van der Waals surface area contributed by atoms with Gasteiger partial charge in [-0.15, -0.1) is 0 Å². The number of allylic oxidation sites excluding steroid dienone is 2. The van der Waals surface area contributed by atoms with E-state index in [9.17, 15) is 9.59 Å². The smallest absolute Gasteiger partial charge is 0.251 e. The Kier molecular flexibility index (Phi) is 4.91. The van der Waals surface area contributed by atoms with E-state index < -0.39 is 0 Å². The first-order valence-electron chi connectivity index (χ1n) is 9.70. The lowest BCUT2D eigenvalue weighted by atomic mass is 10.1. The van der Waals surface area contributed by atoms with Crippen LogP contribution in [0.25, 0.3) is 23.5 Å². The van der Waals surface area contributed by atoms with Gasteiger partial charge in [-0.3, -0.25) is 9.59 Å². The van der Waals surface area contributed by atoms with Gasteiger partial charge in [-0.05, 0) is 75.3 Å². The van der Waals surface area contributed by atoms with Crippen LogP contribution in [0.1, 0.15) is 39.1 Å². The number of pyridine rings is 2. The summed E-state index contributed by atoms with van der Waals surface area (Å²) < 4.78 is 0. The molecule has 0 fully saturated rings. The fourth-order valence-corrected chi connectivity index (χ4v) is 3.30. The Hall–Kier alpha value is -3.80. The van der Waals surface area contributed by atoms with Gasteiger partial charge < -0.3 is 10.6 Å². The zero-order valence-electron chi connectivity index (χ0n) is 17.3. The van der Waals surface area contributed by atoms with Crippen molar-refractivity contribution in [2.75, 3.05) is 0 Å². The lowest BCUT2D eigenvalue weighted by Gasteiger charge is -2.05. The van der Waals surface area contributed by atoms with Crippen LogP contribution in [0.4, 0.5) is 0 Å². The van der Waals surface area contributed by atoms with E-state index in [2.05, 4.69) is 10.6 Å². The molecular weight excluding hydrogens is 376 g/mol. The zero-order chi connectivity index (χ0) is 21.4. The summed E-state index contributed by atoms with van der Waals surface area (Å²) >= 11 is 0. The molecule has 30 heavy (non-hydrogen) atoms. The Labute approximate surface area is 175 Å². The number of hydrogen-bond acceptors (Lipinski definition) is 4. The van der Waals surface area contributed by atoms with Gasteiger partial charge in [0.1, 0.15) is 0 Å². The highest BCUT2D eigenvalue weighted by Crippen LogP contribution is 2.24. The number of aromatic nitrogens is 2. The molecule has 2 aromatic heterocycles. The largest absolute Gasteiger partial charge is 0.322 e. The van der Waals surface area contributed by atoms with Crippen molar-refractivity contribution in [2.24, 2.45) is 0 Å². The molecule has 0 spiro atoms. The molecule has 0 aromatic carbocycles. The Morgan fingerprint density at radius 2 is 1.03 bits per heavy atom. The van der Waals surface area contributed by atoms with Gasteiger partial charge in [0, 0.05) is 22.5 Å².